The fourth-order valence-electron chi connectivity index (χ4n) is 0.796. The number of hydrogen-bond donors (Lipinski definition) is 0. The first-order valence-corrected chi connectivity index (χ1v) is 5.23. The van der Waals surface area contributed by atoms with E-state index in [-0.39, 0.29) is 0 Å². The maximum absolute atomic E-state index is 12.5. The molecular formula is C9H7ClF2IN. The van der Waals surface area contributed by atoms with Gasteiger partial charge in [-0.25, -0.2) is 4.99 Å². The van der Waals surface area contributed by atoms with Gasteiger partial charge in [-0.2, -0.15) is 8.78 Å². The molecule has 14 heavy (non-hydrogen) atoms. The average molecular weight is 330 g/mol. The molecule has 1 nitrogen and oxygen atoms in total. The number of halogens is 4. The van der Waals surface area contributed by atoms with Crippen molar-refractivity contribution in [2.24, 2.45) is 4.99 Å². The van der Waals surface area contributed by atoms with Crippen molar-refractivity contribution in [2.75, 3.05) is 0 Å². The van der Waals surface area contributed by atoms with E-state index in [4.69, 9.17) is 11.6 Å². The van der Waals surface area contributed by atoms with Crippen LogP contribution in [0.2, 0.25) is 0 Å². The van der Waals surface area contributed by atoms with Crippen LogP contribution in [0.5, 0.6) is 0 Å². The van der Waals surface area contributed by atoms with Gasteiger partial charge in [-0.3, -0.25) is 0 Å². The maximum Gasteiger partial charge on any atom is 0.370 e. The van der Waals surface area contributed by atoms with E-state index in [9.17, 15) is 8.78 Å². The van der Waals surface area contributed by atoms with E-state index < -0.39 is 9.10 Å². The Morgan fingerprint density at radius 3 is 2.29 bits per heavy atom. The third kappa shape index (κ3) is 3.49. The minimum absolute atomic E-state index is 0.430. The van der Waals surface area contributed by atoms with Crippen LogP contribution in [0.3, 0.4) is 0 Å². The van der Waals surface area contributed by atoms with E-state index in [0.29, 0.717) is 5.69 Å². The molecule has 1 aromatic carbocycles. The Morgan fingerprint density at radius 1 is 1.36 bits per heavy atom. The summed E-state index contributed by atoms with van der Waals surface area (Å²) < 4.78 is 24.6. The highest BCUT2D eigenvalue weighted by molar-refractivity contribution is 14.1. The third-order valence-electron chi connectivity index (χ3n) is 1.50. The Hall–Kier alpha value is -0.230. The molecule has 0 atom stereocenters. The average Bonchev–Trinajstić information content (AvgIpc) is 2.07. The van der Waals surface area contributed by atoms with E-state index in [2.05, 4.69) is 4.99 Å². The molecule has 0 aliphatic rings. The van der Waals surface area contributed by atoms with Crippen LogP contribution < -0.4 is 0 Å². The van der Waals surface area contributed by atoms with E-state index >= 15 is 0 Å². The summed E-state index contributed by atoms with van der Waals surface area (Å²) in [6, 6.07) is 6.93. The molecule has 1 rings (SSSR count). The molecule has 1 aromatic rings. The summed E-state index contributed by atoms with van der Waals surface area (Å²) >= 11 is 6.22. The first kappa shape index (κ1) is 11.8. The van der Waals surface area contributed by atoms with Gasteiger partial charge in [0.05, 0.1) is 5.69 Å². The van der Waals surface area contributed by atoms with E-state index in [1.54, 1.807) is 24.3 Å². The van der Waals surface area contributed by atoms with Crippen molar-refractivity contribution in [1.82, 2.24) is 0 Å². The zero-order chi connectivity index (χ0) is 10.8. The van der Waals surface area contributed by atoms with E-state index in [0.717, 1.165) is 5.56 Å². The van der Waals surface area contributed by atoms with Crippen molar-refractivity contribution in [1.29, 1.82) is 0 Å². The van der Waals surface area contributed by atoms with Crippen LogP contribution in [-0.2, 0) is 0 Å². The zero-order valence-corrected chi connectivity index (χ0v) is 10.2. The number of nitrogens with zero attached hydrogens (tertiary/aromatic N) is 1. The number of alkyl halides is 3. The van der Waals surface area contributed by atoms with Gasteiger partial charge in [0.1, 0.15) is 0 Å². The highest BCUT2D eigenvalue weighted by atomic mass is 127. The minimum Gasteiger partial charge on any atom is -0.239 e. The normalized spacial score (nSPS) is 13.1. The summed E-state index contributed by atoms with van der Waals surface area (Å²) in [6.45, 7) is 1.91. The van der Waals surface area contributed by atoms with Gasteiger partial charge in [-0.15, -0.1) is 0 Å². The number of hydrogen-bond acceptors (Lipinski definition) is 1. The van der Waals surface area contributed by atoms with Crippen molar-refractivity contribution < 1.29 is 8.78 Å². The van der Waals surface area contributed by atoms with Gasteiger partial charge in [-0.05, 0) is 53.2 Å². The van der Waals surface area contributed by atoms with Gasteiger partial charge in [0, 0.05) is 0 Å². The van der Waals surface area contributed by atoms with Crippen molar-refractivity contribution in [3.8, 4) is 0 Å². The molecule has 0 fully saturated rings. The lowest BCUT2D eigenvalue weighted by Gasteiger charge is -2.04. The van der Waals surface area contributed by atoms with Crippen LogP contribution in [0.1, 0.15) is 5.56 Å². The van der Waals surface area contributed by atoms with Gasteiger partial charge >= 0.3 is 5.38 Å². The molecule has 0 heterocycles. The van der Waals surface area contributed by atoms with Gasteiger partial charge in [-0.1, -0.05) is 17.7 Å². The topological polar surface area (TPSA) is 12.4 Å². The van der Waals surface area contributed by atoms with Gasteiger partial charge < -0.3 is 0 Å². The summed E-state index contributed by atoms with van der Waals surface area (Å²) in [5.41, 5.74) is 1.52. The van der Waals surface area contributed by atoms with E-state index in [1.807, 2.05) is 6.92 Å². The monoisotopic (exact) mass is 329 g/mol. The summed E-state index contributed by atoms with van der Waals surface area (Å²) in [5.74, 6) is 0. The van der Waals surface area contributed by atoms with Crippen molar-refractivity contribution in [3.05, 3.63) is 29.8 Å². The van der Waals surface area contributed by atoms with Gasteiger partial charge in [0.15, 0.2) is 3.72 Å². The number of benzene rings is 1. The van der Waals surface area contributed by atoms with Crippen LogP contribution in [0.15, 0.2) is 29.3 Å². The van der Waals surface area contributed by atoms with Crippen LogP contribution in [0.4, 0.5) is 14.5 Å². The molecule has 0 aromatic heterocycles. The Kier molecular flexibility index (Phi) is 3.83. The second-order valence-corrected chi connectivity index (χ2v) is 4.23. The van der Waals surface area contributed by atoms with Gasteiger partial charge in [0.2, 0.25) is 0 Å². The highest BCUT2D eigenvalue weighted by Gasteiger charge is 2.30. The molecule has 0 amide bonds. The Morgan fingerprint density at radius 2 is 1.86 bits per heavy atom. The lowest BCUT2D eigenvalue weighted by molar-refractivity contribution is 0.180. The number of aliphatic imine (C=N–C) groups is 1. The summed E-state index contributed by atoms with van der Waals surface area (Å²) in [4.78, 5) is 3.69. The van der Waals surface area contributed by atoms with Crippen molar-refractivity contribution in [2.45, 2.75) is 12.3 Å². The standard InChI is InChI=1S/C9H7ClF2IN/c1-6-2-4-7(5-3-6)14-8(13)9(10,11)12/h2-5H,1H3. The molecule has 0 unspecified atom stereocenters. The molecule has 0 aliphatic carbocycles. The fraction of sp³-hybridized carbons (Fsp3) is 0.222. The summed E-state index contributed by atoms with van der Waals surface area (Å²) in [7, 11) is 0. The molecule has 0 aliphatic heterocycles. The number of aryl methyl sites for hydroxylation is 1. The lowest BCUT2D eigenvalue weighted by Crippen LogP contribution is -2.14. The number of rotatable bonds is 2. The van der Waals surface area contributed by atoms with Gasteiger partial charge in [0.25, 0.3) is 0 Å². The predicted molar refractivity (Wildman–Crippen MR) is 63.1 cm³/mol. The van der Waals surface area contributed by atoms with Crippen molar-refractivity contribution >= 4 is 43.6 Å². The third-order valence-corrected chi connectivity index (χ3v) is 2.91. The summed E-state index contributed by atoms with van der Waals surface area (Å²) in [6.07, 6.45) is 0. The van der Waals surface area contributed by atoms with E-state index in [1.165, 1.54) is 22.6 Å². The van der Waals surface area contributed by atoms with Crippen LogP contribution in [0.25, 0.3) is 0 Å². The van der Waals surface area contributed by atoms with Crippen LogP contribution in [0, 0.1) is 6.92 Å². The maximum atomic E-state index is 12.5. The first-order valence-electron chi connectivity index (χ1n) is 3.77. The van der Waals surface area contributed by atoms with Crippen molar-refractivity contribution in [3.63, 3.8) is 0 Å². The lowest BCUT2D eigenvalue weighted by atomic mass is 10.2. The predicted octanol–water partition coefficient (Wildman–Crippen LogP) is 4.29. The zero-order valence-electron chi connectivity index (χ0n) is 7.27. The molecule has 76 valence electrons. The quantitative estimate of drug-likeness (QED) is 0.436. The smallest absolute Gasteiger partial charge is 0.239 e. The molecule has 0 saturated carbocycles. The highest BCUT2D eigenvalue weighted by Crippen LogP contribution is 2.27. The second-order valence-electron chi connectivity index (χ2n) is 2.74. The Bertz CT molecular complexity index is 343. The summed E-state index contributed by atoms with van der Waals surface area (Å²) in [5, 5.41) is -3.38. The second kappa shape index (κ2) is 4.53. The Labute approximate surface area is 99.3 Å². The minimum atomic E-state index is -3.38. The molecule has 0 radical (unpaired) electrons. The SMILES string of the molecule is Cc1ccc(N=C(I)C(F)(F)Cl)cc1. The Balaban J connectivity index is 2.93. The molecule has 0 spiro atoms. The molecule has 0 N–H and O–H groups in total. The molecular weight excluding hydrogens is 322 g/mol. The largest absolute Gasteiger partial charge is 0.370 e. The van der Waals surface area contributed by atoms with Crippen LogP contribution >= 0.6 is 34.2 Å². The molecule has 0 bridgehead atoms. The fourth-order valence-corrected chi connectivity index (χ4v) is 1.12. The first-order chi connectivity index (χ1) is 6.39. The molecule has 5 heteroatoms. The molecule has 0 saturated heterocycles. The van der Waals surface area contributed by atoms with Crippen LogP contribution in [-0.4, -0.2) is 9.10 Å².